The normalized spacial score (nSPS) is 14.2. The minimum atomic E-state index is -0.491. The highest BCUT2D eigenvalue weighted by molar-refractivity contribution is 6.30. The second-order valence-corrected chi connectivity index (χ2v) is 4.86. The third kappa shape index (κ3) is 2.92. The summed E-state index contributed by atoms with van der Waals surface area (Å²) in [4.78, 5) is 0. The van der Waals surface area contributed by atoms with Crippen LogP contribution in [0.4, 0.5) is 0 Å². The second kappa shape index (κ2) is 6.03. The van der Waals surface area contributed by atoms with E-state index >= 15 is 0 Å². The molecule has 0 aliphatic rings. The zero-order valence-corrected chi connectivity index (χ0v) is 11.1. The van der Waals surface area contributed by atoms with E-state index in [9.17, 15) is 5.11 Å². The fraction of sp³-hybridized carbons (Fsp3) is 0.250. The molecule has 2 aromatic carbocycles. The summed E-state index contributed by atoms with van der Waals surface area (Å²) >= 11 is 5.87. The molecule has 2 atom stereocenters. The van der Waals surface area contributed by atoms with Crippen molar-refractivity contribution in [2.24, 2.45) is 0 Å². The molecule has 0 aromatic heterocycles. The smallest absolute Gasteiger partial charge is 0.0858 e. The lowest BCUT2D eigenvalue weighted by Gasteiger charge is -2.22. The van der Waals surface area contributed by atoms with Gasteiger partial charge in [-0.05, 0) is 29.7 Å². The van der Waals surface area contributed by atoms with Crippen LogP contribution in [0.2, 0.25) is 5.02 Å². The molecule has 94 valence electrons. The van der Waals surface area contributed by atoms with E-state index in [-0.39, 0.29) is 5.92 Å². The lowest BCUT2D eigenvalue weighted by Crippen LogP contribution is -2.10. The molecule has 18 heavy (non-hydrogen) atoms. The highest BCUT2D eigenvalue weighted by Crippen LogP contribution is 2.33. The lowest BCUT2D eigenvalue weighted by atomic mass is 9.87. The van der Waals surface area contributed by atoms with E-state index in [1.807, 2.05) is 42.5 Å². The highest BCUT2D eigenvalue weighted by Gasteiger charge is 2.20. The van der Waals surface area contributed by atoms with Gasteiger partial charge in [0, 0.05) is 10.9 Å². The van der Waals surface area contributed by atoms with E-state index < -0.39 is 6.10 Å². The van der Waals surface area contributed by atoms with Crippen LogP contribution >= 0.6 is 11.6 Å². The molecule has 2 aromatic rings. The summed E-state index contributed by atoms with van der Waals surface area (Å²) in [6.07, 6.45) is 0.406. The van der Waals surface area contributed by atoms with Gasteiger partial charge >= 0.3 is 0 Å². The van der Waals surface area contributed by atoms with Crippen LogP contribution in [0.15, 0.2) is 54.6 Å². The summed E-state index contributed by atoms with van der Waals surface area (Å²) in [5.41, 5.74) is 2.08. The van der Waals surface area contributed by atoms with Crippen LogP contribution in [0.1, 0.15) is 36.5 Å². The maximum absolute atomic E-state index is 10.5. The number of aliphatic hydroxyl groups is 1. The Hall–Kier alpha value is -1.31. The number of halogens is 1. The van der Waals surface area contributed by atoms with Crippen molar-refractivity contribution in [1.82, 2.24) is 0 Å². The summed E-state index contributed by atoms with van der Waals surface area (Å²) < 4.78 is 0. The summed E-state index contributed by atoms with van der Waals surface area (Å²) in [7, 11) is 0. The molecule has 0 bridgehead atoms. The van der Waals surface area contributed by atoms with E-state index in [2.05, 4.69) is 19.1 Å². The van der Waals surface area contributed by atoms with Crippen molar-refractivity contribution in [3.05, 3.63) is 70.7 Å². The Morgan fingerprint density at radius 3 is 2.11 bits per heavy atom. The first-order chi connectivity index (χ1) is 8.72. The first kappa shape index (κ1) is 13.1. The van der Waals surface area contributed by atoms with E-state index in [1.165, 1.54) is 5.56 Å². The van der Waals surface area contributed by atoms with Gasteiger partial charge in [-0.1, -0.05) is 61.0 Å². The van der Waals surface area contributed by atoms with E-state index in [0.29, 0.717) is 5.02 Å². The Kier molecular flexibility index (Phi) is 4.40. The molecule has 0 radical (unpaired) electrons. The van der Waals surface area contributed by atoms with Crippen molar-refractivity contribution in [3.63, 3.8) is 0 Å². The fourth-order valence-electron chi connectivity index (χ4n) is 2.23. The molecule has 2 heteroatoms. The van der Waals surface area contributed by atoms with Crippen molar-refractivity contribution < 1.29 is 5.11 Å². The van der Waals surface area contributed by atoms with Gasteiger partial charge in [-0.25, -0.2) is 0 Å². The lowest BCUT2D eigenvalue weighted by molar-refractivity contribution is 0.142. The zero-order chi connectivity index (χ0) is 13.0. The van der Waals surface area contributed by atoms with Crippen LogP contribution in [-0.4, -0.2) is 5.11 Å². The minimum Gasteiger partial charge on any atom is -0.388 e. The Morgan fingerprint density at radius 2 is 1.56 bits per heavy atom. The van der Waals surface area contributed by atoms with Gasteiger partial charge in [0.15, 0.2) is 0 Å². The first-order valence-electron chi connectivity index (χ1n) is 6.21. The number of benzene rings is 2. The SMILES string of the molecule is CCC(c1ccccc1)C(O)c1ccc(Cl)cc1. The molecule has 0 spiro atoms. The van der Waals surface area contributed by atoms with Crippen molar-refractivity contribution in [2.75, 3.05) is 0 Å². The van der Waals surface area contributed by atoms with Crippen molar-refractivity contribution in [3.8, 4) is 0 Å². The molecule has 2 rings (SSSR count). The summed E-state index contributed by atoms with van der Waals surface area (Å²) in [5.74, 6) is 0.118. The van der Waals surface area contributed by atoms with E-state index in [1.54, 1.807) is 0 Å². The van der Waals surface area contributed by atoms with Gasteiger partial charge in [0.2, 0.25) is 0 Å². The van der Waals surface area contributed by atoms with Gasteiger partial charge in [0.05, 0.1) is 6.10 Å². The van der Waals surface area contributed by atoms with Gasteiger partial charge in [-0.3, -0.25) is 0 Å². The van der Waals surface area contributed by atoms with Crippen molar-refractivity contribution >= 4 is 11.6 Å². The molecule has 0 amide bonds. The van der Waals surface area contributed by atoms with E-state index in [0.717, 1.165) is 12.0 Å². The maximum Gasteiger partial charge on any atom is 0.0858 e. The van der Waals surface area contributed by atoms with Crippen molar-refractivity contribution in [2.45, 2.75) is 25.4 Å². The molecule has 1 nitrogen and oxygen atoms in total. The van der Waals surface area contributed by atoms with Crippen LogP contribution in [-0.2, 0) is 0 Å². The van der Waals surface area contributed by atoms with Gasteiger partial charge in [-0.15, -0.1) is 0 Å². The summed E-state index contributed by atoms with van der Waals surface area (Å²) in [6.45, 7) is 2.09. The molecule has 0 saturated carbocycles. The van der Waals surface area contributed by atoms with Gasteiger partial charge in [0.25, 0.3) is 0 Å². The number of aliphatic hydroxyl groups excluding tert-OH is 1. The largest absolute Gasteiger partial charge is 0.388 e. The Bertz CT molecular complexity index is 478. The number of hydrogen-bond acceptors (Lipinski definition) is 1. The average Bonchev–Trinajstić information content (AvgIpc) is 2.41. The van der Waals surface area contributed by atoms with Crippen LogP contribution in [0.3, 0.4) is 0 Å². The van der Waals surface area contributed by atoms with Gasteiger partial charge in [-0.2, -0.15) is 0 Å². The Labute approximate surface area is 113 Å². The van der Waals surface area contributed by atoms with Crippen LogP contribution in [0.25, 0.3) is 0 Å². The fourth-order valence-corrected chi connectivity index (χ4v) is 2.36. The molecule has 0 heterocycles. The van der Waals surface area contributed by atoms with Crippen molar-refractivity contribution in [1.29, 1.82) is 0 Å². The second-order valence-electron chi connectivity index (χ2n) is 4.42. The van der Waals surface area contributed by atoms with Gasteiger partial charge < -0.3 is 5.11 Å². The minimum absolute atomic E-state index is 0.118. The molecule has 1 N–H and O–H groups in total. The Morgan fingerprint density at radius 1 is 0.944 bits per heavy atom. The predicted molar refractivity (Wildman–Crippen MR) is 75.9 cm³/mol. The molecular weight excluding hydrogens is 244 g/mol. The Balaban J connectivity index is 2.25. The summed E-state index contributed by atoms with van der Waals surface area (Å²) in [6, 6.07) is 17.5. The van der Waals surface area contributed by atoms with Crippen LogP contribution in [0.5, 0.6) is 0 Å². The topological polar surface area (TPSA) is 20.2 Å². The average molecular weight is 261 g/mol. The molecule has 2 unspecified atom stereocenters. The molecule has 0 aliphatic carbocycles. The molecule has 0 aliphatic heterocycles. The molecule has 0 fully saturated rings. The molecule has 0 saturated heterocycles. The number of hydrogen-bond donors (Lipinski definition) is 1. The quantitative estimate of drug-likeness (QED) is 0.854. The summed E-state index contributed by atoms with van der Waals surface area (Å²) in [5, 5.41) is 11.2. The maximum atomic E-state index is 10.5. The highest BCUT2D eigenvalue weighted by atomic mass is 35.5. The molecular formula is C16H17ClO. The first-order valence-corrected chi connectivity index (χ1v) is 6.58. The standard InChI is InChI=1S/C16H17ClO/c1-2-15(12-6-4-3-5-7-12)16(18)13-8-10-14(17)11-9-13/h3-11,15-16,18H,2H2,1H3. The zero-order valence-electron chi connectivity index (χ0n) is 10.4. The predicted octanol–water partition coefficient (Wildman–Crippen LogP) is 4.57. The van der Waals surface area contributed by atoms with Crippen LogP contribution < -0.4 is 0 Å². The van der Waals surface area contributed by atoms with E-state index in [4.69, 9.17) is 11.6 Å². The third-order valence-electron chi connectivity index (χ3n) is 3.26. The van der Waals surface area contributed by atoms with Crippen LogP contribution in [0, 0.1) is 0 Å². The van der Waals surface area contributed by atoms with Gasteiger partial charge in [0.1, 0.15) is 0 Å². The monoisotopic (exact) mass is 260 g/mol. The number of rotatable bonds is 4. The third-order valence-corrected chi connectivity index (χ3v) is 3.51.